The number of fused-ring (bicyclic) bond motifs is 2. The van der Waals surface area contributed by atoms with E-state index in [1.165, 1.54) is 4.90 Å². The highest BCUT2D eigenvalue weighted by Crippen LogP contribution is 2.28. The Balaban J connectivity index is 1.41. The summed E-state index contributed by atoms with van der Waals surface area (Å²) in [5.41, 5.74) is 1.41. The number of hydrogen-bond donors (Lipinski definition) is 2. The van der Waals surface area contributed by atoms with Gasteiger partial charge in [0.05, 0.1) is 24.5 Å². The number of para-hydroxylation sites is 2. The van der Waals surface area contributed by atoms with Gasteiger partial charge in [0, 0.05) is 12.5 Å². The highest BCUT2D eigenvalue weighted by Gasteiger charge is 2.27. The van der Waals surface area contributed by atoms with E-state index >= 15 is 0 Å². The predicted octanol–water partition coefficient (Wildman–Crippen LogP) is 0.168. The number of carbonyl (C=O) groups excluding carboxylic acids is 2. The van der Waals surface area contributed by atoms with Gasteiger partial charge in [-0.05, 0) is 18.6 Å². The molecule has 0 fully saturated rings. The summed E-state index contributed by atoms with van der Waals surface area (Å²) < 4.78 is 1.87. The molecular formula is C16H18N6O2. The second-order valence-electron chi connectivity index (χ2n) is 6.02. The summed E-state index contributed by atoms with van der Waals surface area (Å²) in [4.78, 5) is 30.1. The van der Waals surface area contributed by atoms with Crippen LogP contribution in [0.4, 0.5) is 11.4 Å². The van der Waals surface area contributed by atoms with Crippen molar-refractivity contribution in [3.05, 3.63) is 36.4 Å². The zero-order chi connectivity index (χ0) is 16.5. The van der Waals surface area contributed by atoms with E-state index in [2.05, 4.69) is 20.7 Å². The van der Waals surface area contributed by atoms with Gasteiger partial charge in [-0.3, -0.25) is 14.5 Å². The number of hydrogen-bond acceptors (Lipinski definition) is 5. The summed E-state index contributed by atoms with van der Waals surface area (Å²) >= 11 is 0. The van der Waals surface area contributed by atoms with E-state index in [-0.39, 0.29) is 30.9 Å². The van der Waals surface area contributed by atoms with Crippen LogP contribution in [-0.4, -0.2) is 45.7 Å². The van der Waals surface area contributed by atoms with Crippen molar-refractivity contribution in [3.8, 4) is 0 Å². The molecule has 4 rings (SSSR count). The molecule has 2 N–H and O–H groups in total. The van der Waals surface area contributed by atoms with E-state index in [1.807, 2.05) is 22.9 Å². The first kappa shape index (κ1) is 14.8. The maximum absolute atomic E-state index is 12.6. The van der Waals surface area contributed by atoms with Crippen LogP contribution in [-0.2, 0) is 22.6 Å². The lowest BCUT2D eigenvalue weighted by Crippen LogP contribution is -2.48. The molecule has 0 bridgehead atoms. The molecule has 24 heavy (non-hydrogen) atoms. The quantitative estimate of drug-likeness (QED) is 0.839. The summed E-state index contributed by atoms with van der Waals surface area (Å²) in [5.74, 6) is 0.703. The molecule has 1 aromatic carbocycles. The molecule has 3 heterocycles. The van der Waals surface area contributed by atoms with Crippen LogP contribution in [0.15, 0.2) is 30.6 Å². The average Bonchev–Trinajstić information content (AvgIpc) is 3.06. The van der Waals surface area contributed by atoms with Crippen LogP contribution in [0.25, 0.3) is 0 Å². The molecule has 0 unspecified atom stereocenters. The normalized spacial score (nSPS) is 19.4. The lowest BCUT2D eigenvalue weighted by molar-refractivity contribution is -0.121. The van der Waals surface area contributed by atoms with Crippen LogP contribution >= 0.6 is 0 Å². The van der Waals surface area contributed by atoms with E-state index in [4.69, 9.17) is 0 Å². The van der Waals surface area contributed by atoms with Gasteiger partial charge in [0.15, 0.2) is 0 Å². The second-order valence-corrected chi connectivity index (χ2v) is 6.02. The van der Waals surface area contributed by atoms with Crippen molar-refractivity contribution in [1.82, 2.24) is 20.1 Å². The third kappa shape index (κ3) is 2.76. The Morgan fingerprint density at radius 1 is 1.38 bits per heavy atom. The zero-order valence-corrected chi connectivity index (χ0v) is 13.1. The van der Waals surface area contributed by atoms with Crippen molar-refractivity contribution in [1.29, 1.82) is 0 Å². The predicted molar refractivity (Wildman–Crippen MR) is 87.6 cm³/mol. The summed E-state index contributed by atoms with van der Waals surface area (Å²) in [7, 11) is 0. The standard InChI is InChI=1S/C16H18N6O2/c23-15-9-21(13-4-2-1-3-12(13)20-15)16(24)7-17-11-5-6-14-18-10-19-22(14)8-11/h1-4,10-11,17H,5-9H2,(H,20,23)/t11-/m0/s1. The van der Waals surface area contributed by atoms with Gasteiger partial charge < -0.3 is 10.6 Å². The molecule has 2 aliphatic heterocycles. The molecule has 124 valence electrons. The molecule has 2 amide bonds. The molecule has 8 heteroatoms. The van der Waals surface area contributed by atoms with Crippen molar-refractivity contribution >= 4 is 23.2 Å². The van der Waals surface area contributed by atoms with E-state index in [0.717, 1.165) is 24.4 Å². The molecule has 0 radical (unpaired) electrons. The van der Waals surface area contributed by atoms with Crippen LogP contribution in [0.5, 0.6) is 0 Å². The molecule has 0 spiro atoms. The second kappa shape index (κ2) is 6.04. The zero-order valence-electron chi connectivity index (χ0n) is 13.1. The van der Waals surface area contributed by atoms with Crippen LogP contribution in [0.2, 0.25) is 0 Å². The molecule has 1 atom stereocenters. The van der Waals surface area contributed by atoms with E-state index in [9.17, 15) is 9.59 Å². The largest absolute Gasteiger partial charge is 0.323 e. The minimum atomic E-state index is -0.174. The Hall–Kier alpha value is -2.74. The van der Waals surface area contributed by atoms with Crippen LogP contribution in [0.3, 0.4) is 0 Å². The number of benzene rings is 1. The molecule has 2 aromatic rings. The minimum Gasteiger partial charge on any atom is -0.323 e. The van der Waals surface area contributed by atoms with E-state index in [1.54, 1.807) is 12.4 Å². The van der Waals surface area contributed by atoms with Crippen molar-refractivity contribution in [2.45, 2.75) is 25.4 Å². The minimum absolute atomic E-state index is 0.0510. The third-order valence-corrected chi connectivity index (χ3v) is 4.42. The van der Waals surface area contributed by atoms with Gasteiger partial charge in [-0.25, -0.2) is 9.67 Å². The fourth-order valence-electron chi connectivity index (χ4n) is 3.19. The molecule has 2 aliphatic rings. The average molecular weight is 326 g/mol. The number of aromatic nitrogens is 3. The summed E-state index contributed by atoms with van der Waals surface area (Å²) in [5, 5.41) is 10.3. The topological polar surface area (TPSA) is 92.2 Å². The Kier molecular flexibility index (Phi) is 3.73. The smallest absolute Gasteiger partial charge is 0.244 e. The highest BCUT2D eigenvalue weighted by atomic mass is 16.2. The van der Waals surface area contributed by atoms with Crippen LogP contribution < -0.4 is 15.5 Å². The van der Waals surface area contributed by atoms with Gasteiger partial charge >= 0.3 is 0 Å². The van der Waals surface area contributed by atoms with Gasteiger partial charge in [-0.2, -0.15) is 5.10 Å². The van der Waals surface area contributed by atoms with Crippen molar-refractivity contribution in [3.63, 3.8) is 0 Å². The fraction of sp³-hybridized carbons (Fsp3) is 0.375. The molecule has 1 aromatic heterocycles. The lowest BCUT2D eigenvalue weighted by atomic mass is 10.1. The number of carbonyl (C=O) groups is 2. The molecule has 0 saturated heterocycles. The Morgan fingerprint density at radius 2 is 2.25 bits per heavy atom. The first-order chi connectivity index (χ1) is 11.7. The summed E-state index contributed by atoms with van der Waals surface area (Å²) in [6, 6.07) is 7.51. The molecular weight excluding hydrogens is 308 g/mol. The van der Waals surface area contributed by atoms with Crippen molar-refractivity contribution in [2.75, 3.05) is 23.3 Å². The van der Waals surface area contributed by atoms with Crippen molar-refractivity contribution < 1.29 is 9.59 Å². The maximum atomic E-state index is 12.6. The molecule has 0 aliphatic carbocycles. The number of nitrogens with zero attached hydrogens (tertiary/aromatic N) is 4. The SMILES string of the molecule is O=C1CN(C(=O)CN[C@H]2CCc3ncnn3C2)c2ccccc2N1. The Morgan fingerprint density at radius 3 is 3.17 bits per heavy atom. The maximum Gasteiger partial charge on any atom is 0.244 e. The number of amides is 2. The number of nitrogens with one attached hydrogen (secondary N) is 2. The van der Waals surface area contributed by atoms with Crippen LogP contribution in [0, 0.1) is 0 Å². The molecule has 8 nitrogen and oxygen atoms in total. The monoisotopic (exact) mass is 326 g/mol. The first-order valence-corrected chi connectivity index (χ1v) is 8.00. The summed E-state index contributed by atoms with van der Waals surface area (Å²) in [6.45, 7) is 0.950. The van der Waals surface area contributed by atoms with Gasteiger partial charge in [0.1, 0.15) is 18.7 Å². The first-order valence-electron chi connectivity index (χ1n) is 8.00. The van der Waals surface area contributed by atoms with Gasteiger partial charge in [0.25, 0.3) is 0 Å². The van der Waals surface area contributed by atoms with E-state index < -0.39 is 0 Å². The Bertz CT molecular complexity index is 786. The Labute approximate surface area is 138 Å². The number of rotatable bonds is 3. The fourth-order valence-corrected chi connectivity index (χ4v) is 3.19. The third-order valence-electron chi connectivity index (χ3n) is 4.42. The van der Waals surface area contributed by atoms with Crippen LogP contribution in [0.1, 0.15) is 12.2 Å². The summed E-state index contributed by atoms with van der Waals surface area (Å²) in [6.07, 6.45) is 3.33. The van der Waals surface area contributed by atoms with Gasteiger partial charge in [-0.15, -0.1) is 0 Å². The van der Waals surface area contributed by atoms with Gasteiger partial charge in [-0.1, -0.05) is 12.1 Å². The number of aryl methyl sites for hydroxylation is 1. The highest BCUT2D eigenvalue weighted by molar-refractivity contribution is 6.10. The number of anilines is 2. The lowest BCUT2D eigenvalue weighted by Gasteiger charge is -2.30. The molecule has 0 saturated carbocycles. The van der Waals surface area contributed by atoms with E-state index in [0.29, 0.717) is 12.2 Å². The van der Waals surface area contributed by atoms with Gasteiger partial charge in [0.2, 0.25) is 11.8 Å². The van der Waals surface area contributed by atoms with Crippen molar-refractivity contribution in [2.24, 2.45) is 0 Å².